The van der Waals surface area contributed by atoms with E-state index in [4.69, 9.17) is 17.3 Å². The Bertz CT molecular complexity index is 484. The summed E-state index contributed by atoms with van der Waals surface area (Å²) in [6, 6.07) is 3.15. The second-order valence-corrected chi connectivity index (χ2v) is 5.25. The number of nitrogens with zero attached hydrogens (tertiary/aromatic N) is 1. The first kappa shape index (κ1) is 14.2. The van der Waals surface area contributed by atoms with Crippen molar-refractivity contribution in [2.24, 2.45) is 5.73 Å². The highest BCUT2D eigenvalue weighted by molar-refractivity contribution is 6.33. The molecule has 0 spiro atoms. The monoisotopic (exact) mass is 281 g/mol. The Balaban J connectivity index is 2.37. The van der Waals surface area contributed by atoms with Gasteiger partial charge in [-0.15, -0.1) is 0 Å². The molecule has 1 unspecified atom stereocenters. The summed E-state index contributed by atoms with van der Waals surface area (Å²) >= 11 is 6.35. The lowest BCUT2D eigenvalue weighted by Crippen LogP contribution is -2.25. The lowest BCUT2D eigenvalue weighted by Gasteiger charge is -2.25. The van der Waals surface area contributed by atoms with Crippen LogP contribution in [0.25, 0.3) is 0 Å². The minimum absolute atomic E-state index is 0.166. The number of hydrogen-bond donors (Lipinski definition) is 2. The SMILES string of the molecule is CCCN(CCC)c1cc2c(cc1Cl)C(N)C(=O)N2. The van der Waals surface area contributed by atoms with E-state index >= 15 is 0 Å². The molecule has 0 saturated carbocycles. The second kappa shape index (κ2) is 5.80. The summed E-state index contributed by atoms with van der Waals surface area (Å²) in [7, 11) is 0. The van der Waals surface area contributed by atoms with Crippen LogP contribution >= 0.6 is 11.6 Å². The van der Waals surface area contributed by atoms with Gasteiger partial charge in [-0.2, -0.15) is 0 Å². The average Bonchev–Trinajstić information content (AvgIpc) is 2.64. The maximum Gasteiger partial charge on any atom is 0.245 e. The highest BCUT2D eigenvalue weighted by Gasteiger charge is 2.28. The summed E-state index contributed by atoms with van der Waals surface area (Å²) in [6.07, 6.45) is 2.11. The van der Waals surface area contributed by atoms with Crippen LogP contribution in [0.15, 0.2) is 12.1 Å². The van der Waals surface area contributed by atoms with Crippen LogP contribution in [0, 0.1) is 0 Å². The molecular formula is C14H20ClN3O. The van der Waals surface area contributed by atoms with Crippen LogP contribution in [-0.2, 0) is 4.79 Å². The number of carbonyl (C=O) groups excluding carboxylic acids is 1. The highest BCUT2D eigenvalue weighted by atomic mass is 35.5. The lowest BCUT2D eigenvalue weighted by molar-refractivity contribution is -0.116. The van der Waals surface area contributed by atoms with Gasteiger partial charge in [0.2, 0.25) is 5.91 Å². The smallest absolute Gasteiger partial charge is 0.245 e. The fourth-order valence-electron chi connectivity index (χ4n) is 2.43. The second-order valence-electron chi connectivity index (χ2n) is 4.84. The van der Waals surface area contributed by atoms with Crippen molar-refractivity contribution in [1.82, 2.24) is 0 Å². The molecule has 0 radical (unpaired) electrons. The Morgan fingerprint density at radius 3 is 2.53 bits per heavy atom. The van der Waals surface area contributed by atoms with Gasteiger partial charge >= 0.3 is 0 Å². The van der Waals surface area contributed by atoms with E-state index in [1.165, 1.54) is 0 Å². The van der Waals surface area contributed by atoms with E-state index in [0.29, 0.717) is 5.02 Å². The molecule has 1 aliphatic heterocycles. The van der Waals surface area contributed by atoms with Gasteiger partial charge in [0.05, 0.1) is 10.7 Å². The predicted octanol–water partition coefficient (Wildman–Crippen LogP) is 2.92. The quantitative estimate of drug-likeness (QED) is 0.872. The molecule has 0 fully saturated rings. The van der Waals surface area contributed by atoms with Crippen molar-refractivity contribution >= 4 is 28.9 Å². The zero-order valence-corrected chi connectivity index (χ0v) is 12.1. The van der Waals surface area contributed by atoms with Gasteiger partial charge in [0.15, 0.2) is 0 Å². The van der Waals surface area contributed by atoms with Gasteiger partial charge in [0.25, 0.3) is 0 Å². The molecule has 19 heavy (non-hydrogen) atoms. The van der Waals surface area contributed by atoms with Crippen molar-refractivity contribution in [1.29, 1.82) is 0 Å². The van der Waals surface area contributed by atoms with Crippen molar-refractivity contribution in [2.75, 3.05) is 23.3 Å². The normalized spacial score (nSPS) is 17.3. The third-order valence-corrected chi connectivity index (χ3v) is 3.62. The molecule has 2 rings (SSSR count). The van der Waals surface area contributed by atoms with Gasteiger partial charge in [-0.25, -0.2) is 0 Å². The van der Waals surface area contributed by atoms with E-state index in [1.54, 1.807) is 0 Å². The van der Waals surface area contributed by atoms with E-state index in [2.05, 4.69) is 24.1 Å². The first-order valence-electron chi connectivity index (χ1n) is 6.73. The van der Waals surface area contributed by atoms with Gasteiger partial charge < -0.3 is 16.0 Å². The molecule has 3 N–H and O–H groups in total. The summed E-state index contributed by atoms with van der Waals surface area (Å²) in [5, 5.41) is 3.46. The van der Waals surface area contributed by atoms with E-state index in [0.717, 1.165) is 42.9 Å². The number of nitrogens with one attached hydrogen (secondary N) is 1. The van der Waals surface area contributed by atoms with Crippen molar-refractivity contribution in [3.8, 4) is 0 Å². The molecule has 1 aromatic carbocycles. The van der Waals surface area contributed by atoms with Gasteiger partial charge in [0.1, 0.15) is 6.04 Å². The molecule has 0 saturated heterocycles. The Hall–Kier alpha value is -1.26. The number of amides is 1. The molecule has 0 bridgehead atoms. The average molecular weight is 282 g/mol. The van der Waals surface area contributed by atoms with Crippen molar-refractivity contribution in [2.45, 2.75) is 32.7 Å². The summed E-state index contributed by atoms with van der Waals surface area (Å²) in [4.78, 5) is 13.8. The summed E-state index contributed by atoms with van der Waals surface area (Å²) < 4.78 is 0. The Morgan fingerprint density at radius 1 is 1.32 bits per heavy atom. The first-order valence-corrected chi connectivity index (χ1v) is 7.11. The van der Waals surface area contributed by atoms with Crippen molar-refractivity contribution < 1.29 is 4.79 Å². The lowest BCUT2D eigenvalue weighted by atomic mass is 10.1. The van der Waals surface area contributed by atoms with Crippen LogP contribution in [0.3, 0.4) is 0 Å². The standard InChI is InChI=1S/C14H20ClN3O/c1-3-5-18(6-4-2)12-8-11-9(7-10(12)15)13(16)14(19)17-11/h7-8,13H,3-6,16H2,1-2H3,(H,17,19). The number of anilines is 2. The molecule has 1 aromatic rings. The number of rotatable bonds is 5. The topological polar surface area (TPSA) is 58.4 Å². The van der Waals surface area contributed by atoms with E-state index in [9.17, 15) is 4.79 Å². The Morgan fingerprint density at radius 2 is 1.95 bits per heavy atom. The third-order valence-electron chi connectivity index (χ3n) is 3.32. The van der Waals surface area contributed by atoms with Crippen LogP contribution in [-0.4, -0.2) is 19.0 Å². The Kier molecular flexibility index (Phi) is 4.32. The summed E-state index contributed by atoms with van der Waals surface area (Å²) in [6.45, 7) is 6.18. The predicted molar refractivity (Wildman–Crippen MR) is 79.8 cm³/mol. The minimum Gasteiger partial charge on any atom is -0.370 e. The third kappa shape index (κ3) is 2.69. The van der Waals surface area contributed by atoms with Crippen LogP contribution in [0.4, 0.5) is 11.4 Å². The zero-order valence-electron chi connectivity index (χ0n) is 11.4. The zero-order chi connectivity index (χ0) is 14.0. The van der Waals surface area contributed by atoms with E-state index < -0.39 is 6.04 Å². The molecule has 1 heterocycles. The molecule has 1 amide bonds. The molecule has 104 valence electrons. The molecule has 0 aliphatic carbocycles. The molecule has 0 aromatic heterocycles. The fourth-order valence-corrected chi connectivity index (χ4v) is 2.72. The number of fused-ring (bicyclic) bond motifs is 1. The highest BCUT2D eigenvalue weighted by Crippen LogP contribution is 2.38. The molecular weight excluding hydrogens is 262 g/mol. The minimum atomic E-state index is -0.604. The van der Waals surface area contributed by atoms with Crippen LogP contribution in [0.1, 0.15) is 38.3 Å². The van der Waals surface area contributed by atoms with Crippen LogP contribution < -0.4 is 16.0 Å². The molecule has 1 aliphatic rings. The number of carbonyl (C=O) groups is 1. The Labute approximate surface area is 118 Å². The largest absolute Gasteiger partial charge is 0.370 e. The first-order chi connectivity index (χ1) is 9.08. The van der Waals surface area contributed by atoms with Gasteiger partial charge in [-0.3, -0.25) is 4.79 Å². The maximum atomic E-state index is 11.6. The van der Waals surface area contributed by atoms with Gasteiger partial charge in [-0.05, 0) is 25.0 Å². The summed E-state index contributed by atoms with van der Waals surface area (Å²) in [5.41, 5.74) is 8.36. The molecule has 1 atom stereocenters. The maximum absolute atomic E-state index is 11.6. The van der Waals surface area contributed by atoms with E-state index in [-0.39, 0.29) is 5.91 Å². The van der Waals surface area contributed by atoms with Gasteiger partial charge in [0, 0.05) is 24.3 Å². The van der Waals surface area contributed by atoms with E-state index in [1.807, 2.05) is 12.1 Å². The van der Waals surface area contributed by atoms with Crippen LogP contribution in [0.5, 0.6) is 0 Å². The molecule has 4 nitrogen and oxygen atoms in total. The fraction of sp³-hybridized carbons (Fsp3) is 0.500. The molecule has 5 heteroatoms. The van der Waals surface area contributed by atoms with Crippen molar-refractivity contribution in [3.05, 3.63) is 22.7 Å². The van der Waals surface area contributed by atoms with Crippen molar-refractivity contribution in [3.63, 3.8) is 0 Å². The summed E-state index contributed by atoms with van der Waals surface area (Å²) in [5.74, 6) is -0.166. The van der Waals surface area contributed by atoms with Crippen LogP contribution in [0.2, 0.25) is 5.02 Å². The number of halogens is 1. The number of nitrogens with two attached hydrogens (primary N) is 1. The number of benzene rings is 1. The number of hydrogen-bond acceptors (Lipinski definition) is 3. The van der Waals surface area contributed by atoms with Gasteiger partial charge in [-0.1, -0.05) is 25.4 Å².